The fourth-order valence-corrected chi connectivity index (χ4v) is 3.06. The minimum Gasteiger partial charge on any atom is -0.304 e. The molecule has 1 N–H and O–H groups in total. The molecule has 0 radical (unpaired) electrons. The number of imidazole rings is 1. The second kappa shape index (κ2) is 5.59. The summed E-state index contributed by atoms with van der Waals surface area (Å²) >= 11 is 6.19. The van der Waals surface area contributed by atoms with Crippen LogP contribution in [0.25, 0.3) is 33.4 Å². The number of fused-ring (bicyclic) bond motifs is 2. The zero-order valence-electron chi connectivity index (χ0n) is 12.7. The highest BCUT2D eigenvalue weighted by atomic mass is 35.5. The fraction of sp³-hybridized carbons (Fsp3) is 0.0625. The number of hydrogen-bond acceptors (Lipinski definition) is 3. The smallest absolute Gasteiger partial charge is 0.273 e. The molecule has 0 spiro atoms. The second-order valence-corrected chi connectivity index (χ2v) is 5.77. The lowest BCUT2D eigenvalue weighted by atomic mass is 9.99. The van der Waals surface area contributed by atoms with Gasteiger partial charge in [0.15, 0.2) is 11.5 Å². The van der Waals surface area contributed by atoms with Gasteiger partial charge in [0.1, 0.15) is 0 Å². The van der Waals surface area contributed by atoms with Gasteiger partial charge in [0.2, 0.25) is 0 Å². The van der Waals surface area contributed by atoms with Crippen LogP contribution < -0.4 is 0 Å². The zero-order valence-corrected chi connectivity index (χ0v) is 13.4. The second-order valence-electron chi connectivity index (χ2n) is 5.39. The van der Waals surface area contributed by atoms with Crippen molar-refractivity contribution in [2.24, 2.45) is 0 Å². The molecule has 126 valence electrons. The maximum Gasteiger partial charge on any atom is 0.273 e. The van der Waals surface area contributed by atoms with E-state index in [1.165, 1.54) is 12.4 Å². The molecule has 0 bridgehead atoms. The van der Waals surface area contributed by atoms with Crippen LogP contribution in [-0.2, 0) is 0 Å². The normalized spacial score (nSPS) is 11.4. The number of aromatic nitrogens is 5. The molecule has 25 heavy (non-hydrogen) atoms. The van der Waals surface area contributed by atoms with E-state index >= 15 is 0 Å². The highest BCUT2D eigenvalue weighted by Crippen LogP contribution is 2.41. The summed E-state index contributed by atoms with van der Waals surface area (Å²) in [5, 5.41) is 6.53. The third-order valence-electron chi connectivity index (χ3n) is 3.98. The van der Waals surface area contributed by atoms with E-state index in [4.69, 9.17) is 11.6 Å². The molecule has 0 aliphatic carbocycles. The van der Waals surface area contributed by atoms with E-state index in [0.717, 1.165) is 6.92 Å². The molecule has 0 fully saturated rings. The Hall–Kier alpha value is -2.87. The SMILES string of the molecule is CC(=C(F)F)c1c(F)c(Cl)c(-c2cn3ccnc3cn2)c2cn[nH]c12. The standard InChI is InChI=1S/C16H9ClF3N5/c1-7(16(19)20)11-14(18)13(17)12(8-4-23-24-15(8)11)9-6-25-3-2-21-10(25)5-22-9/h2-6H,1H3,(H,23,24). The van der Waals surface area contributed by atoms with Gasteiger partial charge in [-0.25, -0.2) is 9.37 Å². The molecule has 5 nitrogen and oxygen atoms in total. The van der Waals surface area contributed by atoms with Gasteiger partial charge in [0.25, 0.3) is 6.08 Å². The van der Waals surface area contributed by atoms with Gasteiger partial charge in [-0.2, -0.15) is 13.9 Å². The van der Waals surface area contributed by atoms with Gasteiger partial charge in [-0.05, 0) is 6.92 Å². The van der Waals surface area contributed by atoms with Crippen molar-refractivity contribution in [3.05, 3.63) is 53.5 Å². The van der Waals surface area contributed by atoms with Crippen LogP contribution in [0.4, 0.5) is 13.2 Å². The monoisotopic (exact) mass is 363 g/mol. The third-order valence-corrected chi connectivity index (χ3v) is 4.34. The summed E-state index contributed by atoms with van der Waals surface area (Å²) in [6.45, 7) is 1.12. The molecular weight excluding hydrogens is 355 g/mol. The number of benzene rings is 1. The Morgan fingerprint density at radius 1 is 1.24 bits per heavy atom. The van der Waals surface area contributed by atoms with E-state index in [1.54, 1.807) is 23.0 Å². The van der Waals surface area contributed by atoms with Crippen LogP contribution in [0, 0.1) is 5.82 Å². The minimum absolute atomic E-state index is 0.134. The number of nitrogens with zero attached hydrogens (tertiary/aromatic N) is 4. The van der Waals surface area contributed by atoms with Crippen LogP contribution in [-0.4, -0.2) is 24.6 Å². The predicted molar refractivity (Wildman–Crippen MR) is 87.9 cm³/mol. The minimum atomic E-state index is -1.99. The zero-order chi connectivity index (χ0) is 17.7. The Labute approximate surface area is 143 Å². The highest BCUT2D eigenvalue weighted by molar-refractivity contribution is 6.35. The van der Waals surface area contributed by atoms with Crippen molar-refractivity contribution >= 4 is 33.7 Å². The topological polar surface area (TPSA) is 58.9 Å². The predicted octanol–water partition coefficient (Wildman–Crippen LogP) is 4.69. The van der Waals surface area contributed by atoms with E-state index in [9.17, 15) is 13.2 Å². The van der Waals surface area contributed by atoms with Crippen LogP contribution in [0.3, 0.4) is 0 Å². The number of aromatic amines is 1. The first-order chi connectivity index (χ1) is 12.0. The Morgan fingerprint density at radius 3 is 2.80 bits per heavy atom. The number of allylic oxidation sites excluding steroid dienone is 1. The summed E-state index contributed by atoms with van der Waals surface area (Å²) in [4.78, 5) is 8.34. The van der Waals surface area contributed by atoms with Crippen molar-refractivity contribution in [1.82, 2.24) is 24.6 Å². The third kappa shape index (κ3) is 2.29. The summed E-state index contributed by atoms with van der Waals surface area (Å²) in [7, 11) is 0. The molecule has 0 aliphatic heterocycles. The molecule has 0 aliphatic rings. The highest BCUT2D eigenvalue weighted by Gasteiger charge is 2.24. The summed E-state index contributed by atoms with van der Waals surface area (Å²) in [5.41, 5.74) is 0.584. The first-order valence-corrected chi connectivity index (χ1v) is 7.52. The van der Waals surface area contributed by atoms with Gasteiger partial charge in [0, 0.05) is 40.7 Å². The number of halogens is 4. The van der Waals surface area contributed by atoms with E-state index in [2.05, 4.69) is 20.2 Å². The van der Waals surface area contributed by atoms with Crippen LogP contribution in [0.1, 0.15) is 12.5 Å². The number of rotatable bonds is 2. The summed E-state index contributed by atoms with van der Waals surface area (Å²) < 4.78 is 42.6. The Kier molecular flexibility index (Phi) is 3.50. The van der Waals surface area contributed by atoms with Crippen molar-refractivity contribution in [2.75, 3.05) is 0 Å². The molecule has 3 aromatic heterocycles. The first-order valence-electron chi connectivity index (χ1n) is 7.14. The average molecular weight is 364 g/mol. The van der Waals surface area contributed by atoms with Gasteiger partial charge in [-0.15, -0.1) is 0 Å². The molecule has 0 saturated carbocycles. The van der Waals surface area contributed by atoms with Gasteiger partial charge in [-0.3, -0.25) is 10.1 Å². The van der Waals surface area contributed by atoms with Gasteiger partial charge >= 0.3 is 0 Å². The quantitative estimate of drug-likeness (QED) is 0.562. The molecule has 0 saturated heterocycles. The molecule has 3 heterocycles. The largest absolute Gasteiger partial charge is 0.304 e. The van der Waals surface area contributed by atoms with Gasteiger partial charge in [0.05, 0.1) is 28.6 Å². The fourth-order valence-electron chi connectivity index (χ4n) is 2.77. The first kappa shape index (κ1) is 15.6. The molecule has 4 rings (SSSR count). The van der Waals surface area contributed by atoms with Crippen molar-refractivity contribution < 1.29 is 13.2 Å². The molecule has 0 unspecified atom stereocenters. The Bertz CT molecular complexity index is 1160. The van der Waals surface area contributed by atoms with E-state index in [0.29, 0.717) is 16.7 Å². The molecule has 0 atom stereocenters. The van der Waals surface area contributed by atoms with Crippen molar-refractivity contribution in [2.45, 2.75) is 6.92 Å². The number of H-pyrrole nitrogens is 1. The number of hydrogen-bond donors (Lipinski definition) is 1. The molecule has 1 aromatic carbocycles. The van der Waals surface area contributed by atoms with E-state index < -0.39 is 17.5 Å². The lowest BCUT2D eigenvalue weighted by Crippen LogP contribution is -1.98. The Balaban J connectivity index is 2.09. The Morgan fingerprint density at radius 2 is 2.04 bits per heavy atom. The molecule has 9 heteroatoms. The van der Waals surface area contributed by atoms with Gasteiger partial charge < -0.3 is 4.40 Å². The number of nitrogens with one attached hydrogen (secondary N) is 1. The molecule has 4 aromatic rings. The summed E-state index contributed by atoms with van der Waals surface area (Å²) in [6, 6.07) is 0. The maximum atomic E-state index is 14.8. The molecular formula is C16H9ClF3N5. The van der Waals surface area contributed by atoms with E-state index in [1.807, 2.05) is 0 Å². The van der Waals surface area contributed by atoms with Crippen molar-refractivity contribution in [1.29, 1.82) is 0 Å². The summed E-state index contributed by atoms with van der Waals surface area (Å²) in [6.07, 6.45) is 5.86. The van der Waals surface area contributed by atoms with Crippen LogP contribution in [0.5, 0.6) is 0 Å². The van der Waals surface area contributed by atoms with Crippen molar-refractivity contribution in [3.63, 3.8) is 0 Å². The average Bonchev–Trinajstić information content (AvgIpc) is 3.23. The van der Waals surface area contributed by atoms with Crippen LogP contribution >= 0.6 is 11.6 Å². The lowest BCUT2D eigenvalue weighted by molar-refractivity contribution is 0.424. The van der Waals surface area contributed by atoms with E-state index in [-0.39, 0.29) is 21.7 Å². The maximum absolute atomic E-state index is 14.8. The molecule has 0 amide bonds. The summed E-state index contributed by atoms with van der Waals surface area (Å²) in [5.74, 6) is -0.953. The lowest BCUT2D eigenvalue weighted by Gasteiger charge is -2.12. The van der Waals surface area contributed by atoms with Crippen LogP contribution in [0.2, 0.25) is 5.02 Å². The van der Waals surface area contributed by atoms with Crippen LogP contribution in [0.15, 0.2) is 37.1 Å². The van der Waals surface area contributed by atoms with Gasteiger partial charge in [-0.1, -0.05) is 11.6 Å². The van der Waals surface area contributed by atoms with Crippen molar-refractivity contribution in [3.8, 4) is 11.3 Å².